The zero-order valence-corrected chi connectivity index (χ0v) is 26.7. The number of amides is 3. The predicted octanol–water partition coefficient (Wildman–Crippen LogP) is 7.65. The fourth-order valence-electron chi connectivity index (χ4n) is 4.23. The summed E-state index contributed by atoms with van der Waals surface area (Å²) in [5, 5.41) is 1.39. The molecular formula is C33H41N3O5S. The molecule has 0 unspecified atom stereocenters. The van der Waals surface area contributed by atoms with E-state index in [4.69, 9.17) is 9.47 Å². The van der Waals surface area contributed by atoms with E-state index in [2.05, 4.69) is 0 Å². The van der Waals surface area contributed by atoms with E-state index >= 15 is 0 Å². The number of para-hydroxylation sites is 2. The van der Waals surface area contributed by atoms with E-state index in [0.29, 0.717) is 16.9 Å². The minimum Gasteiger partial charge on any atom is -0.487 e. The molecule has 0 saturated heterocycles. The van der Waals surface area contributed by atoms with Crippen LogP contribution in [-0.2, 0) is 6.42 Å². The number of aryl methyl sites for hydroxylation is 3. The lowest BCUT2D eigenvalue weighted by atomic mass is 10.0. The second kappa shape index (κ2) is 13.8. The van der Waals surface area contributed by atoms with Crippen molar-refractivity contribution in [2.75, 3.05) is 7.05 Å². The topological polar surface area (TPSA) is 79.4 Å². The van der Waals surface area contributed by atoms with Crippen molar-refractivity contribution in [2.45, 2.75) is 73.5 Å². The molecule has 0 heterocycles. The Hall–Kier alpha value is -3.98. The summed E-state index contributed by atoms with van der Waals surface area (Å²) in [4.78, 5) is 41.6. The van der Waals surface area contributed by atoms with Gasteiger partial charge in [-0.05, 0) is 96.8 Å². The van der Waals surface area contributed by atoms with E-state index in [1.165, 1.54) is 20.8 Å². The highest BCUT2D eigenvalue weighted by Crippen LogP contribution is 2.32. The van der Waals surface area contributed by atoms with Gasteiger partial charge in [-0.3, -0.25) is 9.59 Å². The number of hydrazine groups is 1. The molecule has 0 aromatic heterocycles. The number of benzene rings is 3. The summed E-state index contributed by atoms with van der Waals surface area (Å²) in [5.74, 6) is -0.170. The van der Waals surface area contributed by atoms with Crippen LogP contribution in [0.15, 0.2) is 66.7 Å². The van der Waals surface area contributed by atoms with Crippen LogP contribution >= 0.6 is 12.1 Å². The van der Waals surface area contributed by atoms with Crippen molar-refractivity contribution >= 4 is 30.0 Å². The summed E-state index contributed by atoms with van der Waals surface area (Å²) in [5.41, 5.74) is 2.90. The fraction of sp³-hybridized carbons (Fsp3) is 0.364. The summed E-state index contributed by atoms with van der Waals surface area (Å²) in [6.45, 7) is 15.2. The molecule has 0 aliphatic rings. The zero-order valence-electron chi connectivity index (χ0n) is 25.9. The van der Waals surface area contributed by atoms with E-state index in [-0.39, 0.29) is 17.8 Å². The Morgan fingerprint density at radius 3 is 1.93 bits per heavy atom. The molecule has 0 N–H and O–H groups in total. The number of carbonyl (C=O) groups excluding carboxylic acids is 3. The van der Waals surface area contributed by atoms with Gasteiger partial charge in [-0.2, -0.15) is 4.41 Å². The third-order valence-electron chi connectivity index (χ3n) is 6.13. The average Bonchev–Trinajstić information content (AvgIpc) is 2.91. The Morgan fingerprint density at radius 1 is 0.833 bits per heavy atom. The third-order valence-corrected chi connectivity index (χ3v) is 7.00. The maximum Gasteiger partial charge on any atom is 0.426 e. The van der Waals surface area contributed by atoms with Gasteiger partial charge in [0.25, 0.3) is 11.8 Å². The third kappa shape index (κ3) is 8.28. The average molecular weight is 592 g/mol. The van der Waals surface area contributed by atoms with Crippen LogP contribution < -0.4 is 9.47 Å². The monoisotopic (exact) mass is 591 g/mol. The molecule has 0 aliphatic carbocycles. The van der Waals surface area contributed by atoms with Crippen molar-refractivity contribution in [2.24, 2.45) is 0 Å². The number of ether oxygens (including phenoxy) is 2. The highest BCUT2D eigenvalue weighted by molar-refractivity contribution is 7.95. The quantitative estimate of drug-likeness (QED) is 0.198. The zero-order chi connectivity index (χ0) is 31.2. The number of hydrogen-bond donors (Lipinski definition) is 0. The van der Waals surface area contributed by atoms with Crippen LogP contribution in [0.1, 0.15) is 78.9 Å². The second-order valence-electron chi connectivity index (χ2n) is 11.4. The molecule has 0 saturated carbocycles. The predicted molar refractivity (Wildman–Crippen MR) is 167 cm³/mol. The van der Waals surface area contributed by atoms with Gasteiger partial charge in [-0.25, -0.2) is 14.1 Å². The highest BCUT2D eigenvalue weighted by Gasteiger charge is 2.39. The second-order valence-corrected chi connectivity index (χ2v) is 12.4. The molecule has 8 nitrogen and oxygen atoms in total. The molecule has 9 heteroatoms. The summed E-state index contributed by atoms with van der Waals surface area (Å²) in [7, 11) is 1.49. The smallest absolute Gasteiger partial charge is 0.426 e. The highest BCUT2D eigenvalue weighted by atomic mass is 32.2. The number of rotatable bonds is 8. The van der Waals surface area contributed by atoms with Crippen molar-refractivity contribution in [3.63, 3.8) is 0 Å². The Bertz CT molecular complexity index is 1400. The van der Waals surface area contributed by atoms with Crippen LogP contribution in [0.4, 0.5) is 4.79 Å². The van der Waals surface area contributed by atoms with E-state index in [9.17, 15) is 14.4 Å². The summed E-state index contributed by atoms with van der Waals surface area (Å²) >= 11 is 0.778. The molecule has 224 valence electrons. The van der Waals surface area contributed by atoms with Gasteiger partial charge in [0.2, 0.25) is 0 Å². The first kappa shape index (κ1) is 32.5. The van der Waals surface area contributed by atoms with Crippen molar-refractivity contribution in [1.29, 1.82) is 0 Å². The Morgan fingerprint density at radius 2 is 1.40 bits per heavy atom. The standard InChI is InChI=1S/C33H41N3O5S/c1-10-25-15-17-26(18-16-25)31(38)36(35(33(6,7)8)30(37)27-20-23(4)19-24(5)21-27)42-34(9)32(39)41-29-14-12-11-13-28(29)40-22(2)3/h11-22H,10H2,1-9H3. The lowest BCUT2D eigenvalue weighted by Gasteiger charge is -2.43. The van der Waals surface area contributed by atoms with Crippen molar-refractivity contribution in [1.82, 2.24) is 13.7 Å². The summed E-state index contributed by atoms with van der Waals surface area (Å²) < 4.78 is 13.9. The summed E-state index contributed by atoms with van der Waals surface area (Å²) in [6, 6.07) is 19.7. The molecule has 0 aliphatic heterocycles. The van der Waals surface area contributed by atoms with Crippen LogP contribution in [0.3, 0.4) is 0 Å². The van der Waals surface area contributed by atoms with Crippen LogP contribution in [0, 0.1) is 13.8 Å². The molecule has 3 amide bonds. The van der Waals surface area contributed by atoms with Gasteiger partial charge in [0.15, 0.2) is 11.5 Å². The van der Waals surface area contributed by atoms with Crippen LogP contribution in [0.2, 0.25) is 0 Å². The molecule has 3 rings (SSSR count). The van der Waals surface area contributed by atoms with Crippen molar-refractivity contribution in [3.05, 3.63) is 94.5 Å². The van der Waals surface area contributed by atoms with Crippen LogP contribution in [-0.4, -0.2) is 50.3 Å². The Balaban J connectivity index is 2.02. The van der Waals surface area contributed by atoms with Gasteiger partial charge in [0.1, 0.15) is 12.1 Å². The molecule has 0 bridgehead atoms. The number of carbonyl (C=O) groups is 3. The largest absolute Gasteiger partial charge is 0.487 e. The Labute approximate surface area is 253 Å². The van der Waals surface area contributed by atoms with Crippen LogP contribution in [0.25, 0.3) is 0 Å². The first-order chi connectivity index (χ1) is 19.7. The molecule has 0 spiro atoms. The molecule has 3 aromatic rings. The first-order valence-electron chi connectivity index (χ1n) is 14.0. The minimum atomic E-state index is -0.844. The summed E-state index contributed by atoms with van der Waals surface area (Å²) in [6.07, 6.45) is -0.0459. The van der Waals surface area contributed by atoms with E-state index in [0.717, 1.165) is 35.2 Å². The lowest BCUT2D eigenvalue weighted by Crippen LogP contribution is -2.56. The fourth-order valence-corrected chi connectivity index (χ4v) is 5.14. The van der Waals surface area contributed by atoms with Gasteiger partial charge in [-0.1, -0.05) is 48.4 Å². The van der Waals surface area contributed by atoms with Gasteiger partial charge in [0.05, 0.1) is 11.6 Å². The number of nitrogens with zero attached hydrogens (tertiary/aromatic N) is 3. The number of hydrogen-bond acceptors (Lipinski definition) is 6. The molecule has 42 heavy (non-hydrogen) atoms. The maximum atomic E-state index is 14.1. The van der Waals surface area contributed by atoms with Crippen LogP contribution in [0.5, 0.6) is 11.5 Å². The van der Waals surface area contributed by atoms with E-state index < -0.39 is 17.5 Å². The van der Waals surface area contributed by atoms with Gasteiger partial charge in [-0.15, -0.1) is 0 Å². The Kier molecular flexibility index (Phi) is 10.7. The molecule has 0 radical (unpaired) electrons. The van der Waals surface area contributed by atoms with Gasteiger partial charge in [0, 0.05) is 18.2 Å². The molecule has 3 aromatic carbocycles. The molecule has 0 fully saturated rings. The SMILES string of the molecule is CCc1ccc(C(=O)N(SN(C)C(=O)Oc2ccccc2OC(C)C)N(C(=O)c2cc(C)cc(C)c2)C(C)(C)C)cc1. The molecular weight excluding hydrogens is 550 g/mol. The maximum absolute atomic E-state index is 14.1. The van der Waals surface area contributed by atoms with E-state index in [1.54, 1.807) is 48.5 Å². The van der Waals surface area contributed by atoms with Gasteiger partial charge < -0.3 is 9.47 Å². The van der Waals surface area contributed by atoms with Gasteiger partial charge >= 0.3 is 6.09 Å². The van der Waals surface area contributed by atoms with E-state index in [1.807, 2.05) is 73.6 Å². The minimum absolute atomic E-state index is 0.124. The lowest BCUT2D eigenvalue weighted by molar-refractivity contribution is -0.00128. The molecule has 0 atom stereocenters. The first-order valence-corrected chi connectivity index (χ1v) is 14.7. The van der Waals surface area contributed by atoms with Crippen molar-refractivity contribution in [3.8, 4) is 11.5 Å². The normalized spacial score (nSPS) is 11.2. The van der Waals surface area contributed by atoms with Crippen molar-refractivity contribution < 1.29 is 23.9 Å².